The second kappa shape index (κ2) is 3.54. The molecule has 3 heteroatoms. The lowest BCUT2D eigenvalue weighted by Gasteiger charge is -2.10. The molecule has 0 saturated heterocycles. The molecule has 0 heterocycles. The maximum atomic E-state index is 12.7. The van der Waals surface area contributed by atoms with Gasteiger partial charge in [0.2, 0.25) is 0 Å². The van der Waals surface area contributed by atoms with Crippen LogP contribution in [0.4, 0.5) is 4.39 Å². The van der Waals surface area contributed by atoms with Crippen LogP contribution in [0, 0.1) is 5.82 Å². The van der Waals surface area contributed by atoms with E-state index < -0.39 is 6.10 Å². The number of methoxy groups -OCH3 is 1. The molecule has 0 aliphatic heterocycles. The van der Waals surface area contributed by atoms with Crippen LogP contribution in [0.25, 0.3) is 0 Å². The van der Waals surface area contributed by atoms with Crippen molar-refractivity contribution in [1.82, 2.24) is 0 Å². The van der Waals surface area contributed by atoms with Gasteiger partial charge in [0.15, 0.2) is 0 Å². The van der Waals surface area contributed by atoms with Crippen LogP contribution >= 0.6 is 0 Å². The molecule has 1 aromatic carbocycles. The van der Waals surface area contributed by atoms with Gasteiger partial charge in [0.05, 0.1) is 13.2 Å². The molecule has 0 aliphatic carbocycles. The third-order valence-corrected chi connectivity index (χ3v) is 1.64. The fourth-order valence-electron chi connectivity index (χ4n) is 1.03. The van der Waals surface area contributed by atoms with Crippen molar-refractivity contribution in [3.63, 3.8) is 0 Å². The van der Waals surface area contributed by atoms with Crippen LogP contribution in [0.1, 0.15) is 18.6 Å². The molecule has 0 bridgehead atoms. The van der Waals surface area contributed by atoms with E-state index in [9.17, 15) is 9.50 Å². The normalized spacial score (nSPS) is 12.7. The Morgan fingerprint density at radius 2 is 2.17 bits per heavy atom. The van der Waals surface area contributed by atoms with Crippen LogP contribution < -0.4 is 4.74 Å². The molecule has 1 N–H and O–H groups in total. The van der Waals surface area contributed by atoms with Gasteiger partial charge in [-0.2, -0.15) is 0 Å². The highest BCUT2D eigenvalue weighted by Crippen LogP contribution is 2.25. The van der Waals surface area contributed by atoms with Crippen molar-refractivity contribution in [1.29, 1.82) is 0 Å². The summed E-state index contributed by atoms with van der Waals surface area (Å²) in [6.45, 7) is 1.57. The van der Waals surface area contributed by atoms with Gasteiger partial charge >= 0.3 is 0 Å². The zero-order valence-electron chi connectivity index (χ0n) is 7.04. The number of benzene rings is 1. The molecule has 1 aromatic rings. The topological polar surface area (TPSA) is 29.5 Å². The third-order valence-electron chi connectivity index (χ3n) is 1.64. The van der Waals surface area contributed by atoms with Gasteiger partial charge in [-0.25, -0.2) is 4.39 Å². The summed E-state index contributed by atoms with van der Waals surface area (Å²) in [5.41, 5.74) is 0.470. The van der Waals surface area contributed by atoms with Gasteiger partial charge in [-0.05, 0) is 25.1 Å². The fourth-order valence-corrected chi connectivity index (χ4v) is 1.03. The van der Waals surface area contributed by atoms with Crippen molar-refractivity contribution in [3.05, 3.63) is 29.6 Å². The fraction of sp³-hybridized carbons (Fsp3) is 0.333. The molecule has 0 radical (unpaired) electrons. The highest BCUT2D eigenvalue weighted by molar-refractivity contribution is 5.35. The largest absolute Gasteiger partial charge is 0.496 e. The Bertz CT molecular complexity index is 271. The van der Waals surface area contributed by atoms with Crippen molar-refractivity contribution in [2.45, 2.75) is 13.0 Å². The predicted molar refractivity (Wildman–Crippen MR) is 43.6 cm³/mol. The van der Waals surface area contributed by atoms with E-state index >= 15 is 0 Å². The second-order valence-electron chi connectivity index (χ2n) is 2.56. The Morgan fingerprint density at radius 1 is 1.50 bits per heavy atom. The number of aliphatic hydroxyl groups excluding tert-OH is 1. The summed E-state index contributed by atoms with van der Waals surface area (Å²) in [4.78, 5) is 0. The molecule has 0 aromatic heterocycles. The molecule has 0 unspecified atom stereocenters. The Hall–Kier alpha value is -1.09. The lowest BCUT2D eigenvalue weighted by atomic mass is 10.1. The summed E-state index contributed by atoms with van der Waals surface area (Å²) >= 11 is 0. The first kappa shape index (κ1) is 9.00. The number of aliphatic hydroxyl groups is 1. The van der Waals surface area contributed by atoms with E-state index in [0.717, 1.165) is 0 Å². The minimum absolute atomic E-state index is 0.369. The molecular formula is C9H11FO2. The van der Waals surface area contributed by atoms with Crippen LogP contribution in [-0.4, -0.2) is 12.2 Å². The Balaban J connectivity index is 3.12. The van der Waals surface area contributed by atoms with Crippen molar-refractivity contribution >= 4 is 0 Å². The van der Waals surface area contributed by atoms with Gasteiger partial charge in [-0.3, -0.25) is 0 Å². The molecule has 12 heavy (non-hydrogen) atoms. The number of halogens is 1. The van der Waals surface area contributed by atoms with E-state index in [0.29, 0.717) is 11.3 Å². The minimum Gasteiger partial charge on any atom is -0.496 e. The maximum Gasteiger partial charge on any atom is 0.124 e. The van der Waals surface area contributed by atoms with E-state index in [-0.39, 0.29) is 5.82 Å². The molecule has 66 valence electrons. The summed E-state index contributed by atoms with van der Waals surface area (Å²) in [7, 11) is 1.49. The van der Waals surface area contributed by atoms with Crippen LogP contribution in [0.3, 0.4) is 0 Å². The van der Waals surface area contributed by atoms with Gasteiger partial charge in [0.25, 0.3) is 0 Å². The molecule has 0 aliphatic rings. The Kier molecular flexibility index (Phi) is 2.65. The van der Waals surface area contributed by atoms with E-state index in [1.807, 2.05) is 0 Å². The molecule has 0 amide bonds. The summed E-state index contributed by atoms with van der Waals surface area (Å²) in [5, 5.41) is 9.21. The molecule has 2 nitrogen and oxygen atoms in total. The van der Waals surface area contributed by atoms with Crippen molar-refractivity contribution in [3.8, 4) is 5.75 Å². The second-order valence-corrected chi connectivity index (χ2v) is 2.56. The quantitative estimate of drug-likeness (QED) is 0.734. The highest BCUT2D eigenvalue weighted by atomic mass is 19.1. The van der Waals surface area contributed by atoms with Gasteiger partial charge in [0, 0.05) is 5.56 Å². The van der Waals surface area contributed by atoms with Crippen molar-refractivity contribution < 1.29 is 14.2 Å². The van der Waals surface area contributed by atoms with Gasteiger partial charge < -0.3 is 9.84 Å². The number of rotatable bonds is 2. The minimum atomic E-state index is -0.712. The summed E-state index contributed by atoms with van der Waals surface area (Å²) in [6, 6.07) is 4.06. The average Bonchev–Trinajstić information content (AvgIpc) is 2.04. The first-order chi connectivity index (χ1) is 5.65. The SMILES string of the molecule is COc1ccc(F)cc1[C@H](C)O. The molecular weight excluding hydrogens is 159 g/mol. The molecule has 0 saturated carbocycles. The molecule has 0 spiro atoms. The lowest BCUT2D eigenvalue weighted by molar-refractivity contribution is 0.193. The zero-order valence-corrected chi connectivity index (χ0v) is 7.04. The van der Waals surface area contributed by atoms with Crippen LogP contribution in [0.2, 0.25) is 0 Å². The summed E-state index contributed by atoms with van der Waals surface area (Å²) in [5.74, 6) is 0.137. The summed E-state index contributed by atoms with van der Waals surface area (Å²) < 4.78 is 17.6. The summed E-state index contributed by atoms with van der Waals surface area (Å²) in [6.07, 6.45) is -0.712. The molecule has 1 atom stereocenters. The van der Waals surface area contributed by atoms with E-state index in [4.69, 9.17) is 4.74 Å². The highest BCUT2D eigenvalue weighted by Gasteiger charge is 2.08. The standard InChI is InChI=1S/C9H11FO2/c1-6(11)8-5-7(10)3-4-9(8)12-2/h3-6,11H,1-2H3/t6-/m0/s1. The van der Waals surface area contributed by atoms with Crippen LogP contribution in [0.15, 0.2) is 18.2 Å². The lowest BCUT2D eigenvalue weighted by Crippen LogP contribution is -1.96. The number of hydrogen-bond donors (Lipinski definition) is 1. The number of hydrogen-bond acceptors (Lipinski definition) is 2. The molecule has 0 fully saturated rings. The van der Waals surface area contributed by atoms with Crippen LogP contribution in [-0.2, 0) is 0 Å². The van der Waals surface area contributed by atoms with Crippen molar-refractivity contribution in [2.75, 3.05) is 7.11 Å². The van der Waals surface area contributed by atoms with E-state index in [1.165, 1.54) is 25.3 Å². The average molecular weight is 170 g/mol. The van der Waals surface area contributed by atoms with Gasteiger partial charge in [0.1, 0.15) is 11.6 Å². The first-order valence-corrected chi connectivity index (χ1v) is 3.66. The maximum absolute atomic E-state index is 12.7. The van der Waals surface area contributed by atoms with Gasteiger partial charge in [-0.1, -0.05) is 0 Å². The smallest absolute Gasteiger partial charge is 0.124 e. The molecule has 1 rings (SSSR count). The zero-order chi connectivity index (χ0) is 9.14. The number of ether oxygens (including phenoxy) is 1. The van der Waals surface area contributed by atoms with E-state index in [2.05, 4.69) is 0 Å². The van der Waals surface area contributed by atoms with E-state index in [1.54, 1.807) is 6.92 Å². The first-order valence-electron chi connectivity index (χ1n) is 3.66. The monoisotopic (exact) mass is 170 g/mol. The van der Waals surface area contributed by atoms with Crippen LogP contribution in [0.5, 0.6) is 5.75 Å². The van der Waals surface area contributed by atoms with Gasteiger partial charge in [-0.15, -0.1) is 0 Å². The predicted octanol–water partition coefficient (Wildman–Crippen LogP) is 1.89. The Morgan fingerprint density at radius 3 is 2.67 bits per heavy atom. The Labute approximate surface area is 70.6 Å². The van der Waals surface area contributed by atoms with Crippen molar-refractivity contribution in [2.24, 2.45) is 0 Å². The third kappa shape index (κ3) is 1.74.